The lowest BCUT2D eigenvalue weighted by molar-refractivity contribution is -0.153. The van der Waals surface area contributed by atoms with Crippen LogP contribution in [0.25, 0.3) is 0 Å². The van der Waals surface area contributed by atoms with Crippen LogP contribution in [0.4, 0.5) is 16.2 Å². The van der Waals surface area contributed by atoms with Crippen molar-refractivity contribution in [2.24, 2.45) is 0 Å². The van der Waals surface area contributed by atoms with Gasteiger partial charge in [0, 0.05) is 30.6 Å². The van der Waals surface area contributed by atoms with Gasteiger partial charge in [-0.3, -0.25) is 19.2 Å². The van der Waals surface area contributed by atoms with E-state index in [2.05, 4.69) is 10.6 Å². The van der Waals surface area contributed by atoms with Gasteiger partial charge in [-0.2, -0.15) is 0 Å². The molecule has 0 aliphatic carbocycles. The van der Waals surface area contributed by atoms with Crippen LogP contribution in [0.5, 0.6) is 0 Å². The van der Waals surface area contributed by atoms with Gasteiger partial charge in [0.05, 0.1) is 0 Å². The highest BCUT2D eigenvalue weighted by Crippen LogP contribution is 2.17. The maximum Gasteiger partial charge on any atom is 0.326 e. The lowest BCUT2D eigenvalue weighted by Gasteiger charge is -2.17. The minimum Gasteiger partial charge on any atom is -0.451 e. The molecule has 1 aliphatic heterocycles. The third-order valence-corrected chi connectivity index (χ3v) is 4.21. The molecule has 1 aromatic rings. The zero-order valence-electron chi connectivity index (χ0n) is 13.9. The maximum atomic E-state index is 12.1. The van der Waals surface area contributed by atoms with Crippen molar-refractivity contribution in [1.29, 1.82) is 0 Å². The highest BCUT2D eigenvalue weighted by Gasteiger charge is 2.26. The molecular weight excluding hydrogens is 346 g/mol. The van der Waals surface area contributed by atoms with E-state index in [4.69, 9.17) is 4.74 Å². The molecule has 25 heavy (non-hydrogen) atoms. The number of ether oxygens (including phenoxy) is 1. The number of amides is 3. The lowest BCUT2D eigenvalue weighted by atomic mass is 10.2. The Morgan fingerprint density at radius 1 is 1.20 bits per heavy atom. The SMILES string of the molecule is CC(=O)Nc1ccc(NC(=O)[C@H](C)OC(=O)CN2CCSC2=O)cc1. The Labute approximate surface area is 149 Å². The van der Waals surface area contributed by atoms with Crippen molar-refractivity contribution in [3.05, 3.63) is 24.3 Å². The standard InChI is InChI=1S/C16H19N3O5S/c1-10(24-14(21)9-19-7-8-25-16(19)23)15(22)18-13-5-3-12(4-6-13)17-11(2)20/h3-6,10H,7-9H2,1-2H3,(H,17,20)(H,18,22)/t10-/m0/s1. The third kappa shape index (κ3) is 5.79. The summed E-state index contributed by atoms with van der Waals surface area (Å²) in [4.78, 5) is 47.7. The molecule has 1 fully saturated rings. The van der Waals surface area contributed by atoms with E-state index in [1.807, 2.05) is 0 Å². The molecule has 0 saturated carbocycles. The van der Waals surface area contributed by atoms with Crippen molar-refractivity contribution in [3.63, 3.8) is 0 Å². The summed E-state index contributed by atoms with van der Waals surface area (Å²) in [6, 6.07) is 6.53. The fourth-order valence-electron chi connectivity index (χ4n) is 2.10. The molecule has 3 amide bonds. The highest BCUT2D eigenvalue weighted by molar-refractivity contribution is 8.13. The monoisotopic (exact) mass is 365 g/mol. The van der Waals surface area contributed by atoms with Gasteiger partial charge in [-0.25, -0.2) is 0 Å². The summed E-state index contributed by atoms with van der Waals surface area (Å²) in [5.74, 6) is -0.647. The summed E-state index contributed by atoms with van der Waals surface area (Å²) < 4.78 is 5.06. The molecule has 1 aliphatic rings. The summed E-state index contributed by atoms with van der Waals surface area (Å²) in [7, 11) is 0. The van der Waals surface area contributed by atoms with Crippen molar-refractivity contribution < 1.29 is 23.9 Å². The first-order chi connectivity index (χ1) is 11.8. The van der Waals surface area contributed by atoms with Gasteiger partial charge in [-0.1, -0.05) is 11.8 Å². The van der Waals surface area contributed by atoms with Crippen LogP contribution in [-0.4, -0.2) is 52.9 Å². The average Bonchev–Trinajstić information content (AvgIpc) is 2.93. The van der Waals surface area contributed by atoms with E-state index in [1.54, 1.807) is 24.3 Å². The first-order valence-corrected chi connectivity index (χ1v) is 8.63. The van der Waals surface area contributed by atoms with Gasteiger partial charge in [0.1, 0.15) is 6.54 Å². The minimum absolute atomic E-state index is 0.158. The Morgan fingerprint density at radius 2 is 1.80 bits per heavy atom. The molecule has 1 atom stereocenters. The molecule has 2 N–H and O–H groups in total. The summed E-state index contributed by atoms with van der Waals surface area (Å²) in [5.41, 5.74) is 1.12. The van der Waals surface area contributed by atoms with E-state index in [-0.39, 0.29) is 17.7 Å². The van der Waals surface area contributed by atoms with Gasteiger partial charge in [0.2, 0.25) is 5.91 Å². The van der Waals surface area contributed by atoms with Gasteiger partial charge in [-0.05, 0) is 31.2 Å². The molecule has 9 heteroatoms. The van der Waals surface area contributed by atoms with Gasteiger partial charge in [0.25, 0.3) is 11.1 Å². The van der Waals surface area contributed by atoms with Crippen LogP contribution in [0.15, 0.2) is 24.3 Å². The van der Waals surface area contributed by atoms with Crippen LogP contribution in [-0.2, 0) is 19.1 Å². The fraction of sp³-hybridized carbons (Fsp3) is 0.375. The molecule has 1 aromatic carbocycles. The molecule has 2 rings (SSSR count). The van der Waals surface area contributed by atoms with Gasteiger partial charge in [-0.15, -0.1) is 0 Å². The van der Waals surface area contributed by atoms with Crippen LogP contribution in [0.3, 0.4) is 0 Å². The van der Waals surface area contributed by atoms with Crippen LogP contribution in [0, 0.1) is 0 Å². The van der Waals surface area contributed by atoms with Crippen LogP contribution in [0.2, 0.25) is 0 Å². The largest absolute Gasteiger partial charge is 0.451 e. The topological polar surface area (TPSA) is 105 Å². The number of nitrogens with zero attached hydrogens (tertiary/aromatic N) is 1. The Bertz CT molecular complexity index is 677. The summed E-state index contributed by atoms with van der Waals surface area (Å²) in [5, 5.41) is 5.07. The Balaban J connectivity index is 1.82. The quantitative estimate of drug-likeness (QED) is 0.743. The summed E-state index contributed by atoms with van der Waals surface area (Å²) >= 11 is 1.15. The molecule has 1 saturated heterocycles. The van der Waals surface area contributed by atoms with Crippen molar-refractivity contribution in [1.82, 2.24) is 4.90 Å². The van der Waals surface area contributed by atoms with E-state index in [9.17, 15) is 19.2 Å². The van der Waals surface area contributed by atoms with Crippen LogP contribution >= 0.6 is 11.8 Å². The van der Waals surface area contributed by atoms with Crippen molar-refractivity contribution >= 4 is 46.2 Å². The molecule has 134 valence electrons. The number of hydrogen-bond donors (Lipinski definition) is 2. The fourth-order valence-corrected chi connectivity index (χ4v) is 2.92. The van der Waals surface area contributed by atoms with E-state index >= 15 is 0 Å². The van der Waals surface area contributed by atoms with Gasteiger partial charge < -0.3 is 20.3 Å². The number of nitrogens with one attached hydrogen (secondary N) is 2. The summed E-state index contributed by atoms with van der Waals surface area (Å²) in [6.45, 7) is 3.20. The molecule has 0 unspecified atom stereocenters. The van der Waals surface area contributed by atoms with Crippen molar-refractivity contribution in [2.75, 3.05) is 29.5 Å². The predicted molar refractivity (Wildman–Crippen MR) is 94.4 cm³/mol. The first-order valence-electron chi connectivity index (χ1n) is 7.65. The van der Waals surface area contributed by atoms with Crippen LogP contribution < -0.4 is 10.6 Å². The van der Waals surface area contributed by atoms with E-state index in [0.29, 0.717) is 23.7 Å². The van der Waals surface area contributed by atoms with E-state index in [0.717, 1.165) is 11.8 Å². The van der Waals surface area contributed by atoms with Crippen molar-refractivity contribution in [2.45, 2.75) is 20.0 Å². The second-order valence-electron chi connectivity index (χ2n) is 5.42. The Kier molecular flexibility index (Phi) is 6.40. The van der Waals surface area contributed by atoms with Gasteiger partial charge >= 0.3 is 5.97 Å². The van der Waals surface area contributed by atoms with Crippen molar-refractivity contribution in [3.8, 4) is 0 Å². The number of rotatable bonds is 6. The number of esters is 1. The second-order valence-corrected chi connectivity index (χ2v) is 6.46. The number of benzene rings is 1. The number of carbonyl (C=O) groups excluding carboxylic acids is 4. The highest BCUT2D eigenvalue weighted by atomic mass is 32.2. The van der Waals surface area contributed by atoms with Gasteiger partial charge in [0.15, 0.2) is 6.10 Å². The Hall–Kier alpha value is -2.55. The maximum absolute atomic E-state index is 12.1. The number of carbonyl (C=O) groups is 4. The predicted octanol–water partition coefficient (Wildman–Crippen LogP) is 1.68. The molecule has 0 radical (unpaired) electrons. The zero-order valence-corrected chi connectivity index (χ0v) is 14.7. The number of hydrogen-bond acceptors (Lipinski definition) is 6. The van der Waals surface area contributed by atoms with Crippen LogP contribution in [0.1, 0.15) is 13.8 Å². The molecule has 0 aromatic heterocycles. The normalized spacial score (nSPS) is 14.8. The molecule has 1 heterocycles. The smallest absolute Gasteiger partial charge is 0.326 e. The van der Waals surface area contributed by atoms with E-state index < -0.39 is 18.0 Å². The zero-order chi connectivity index (χ0) is 18.4. The minimum atomic E-state index is -0.993. The molecular formula is C16H19N3O5S. The summed E-state index contributed by atoms with van der Waals surface area (Å²) in [6.07, 6.45) is -0.993. The Morgan fingerprint density at radius 3 is 2.32 bits per heavy atom. The van der Waals surface area contributed by atoms with E-state index in [1.165, 1.54) is 18.7 Å². The molecule has 8 nitrogen and oxygen atoms in total. The number of thioether (sulfide) groups is 1. The molecule has 0 bridgehead atoms. The number of anilines is 2. The second kappa shape index (κ2) is 8.52. The molecule has 0 spiro atoms. The third-order valence-electron chi connectivity index (χ3n) is 3.32. The average molecular weight is 365 g/mol. The lowest BCUT2D eigenvalue weighted by Crippen LogP contribution is -2.36. The first kappa shape index (κ1) is 18.8.